The van der Waals surface area contributed by atoms with Crippen LogP contribution < -0.4 is 5.32 Å². The first kappa shape index (κ1) is 16.9. The summed E-state index contributed by atoms with van der Waals surface area (Å²) in [6, 6.07) is 1.90. The fraction of sp³-hybridized carbons (Fsp3) is 0.643. The summed E-state index contributed by atoms with van der Waals surface area (Å²) < 4.78 is 5.08. The monoisotopic (exact) mass is 301 g/mol. The Labute approximate surface area is 123 Å². The van der Waals surface area contributed by atoms with Gasteiger partial charge in [0.25, 0.3) is 0 Å². The number of aliphatic hydroxyl groups excluding tert-OH is 2. The number of rotatable bonds is 5. The van der Waals surface area contributed by atoms with Gasteiger partial charge in [-0.1, -0.05) is 0 Å². The summed E-state index contributed by atoms with van der Waals surface area (Å²) in [5.41, 5.74) is 0.415. The molecule has 6 heteroatoms. The van der Waals surface area contributed by atoms with Crippen LogP contribution in [-0.2, 0) is 4.74 Å². The third kappa shape index (κ3) is 5.48. The Morgan fingerprint density at radius 2 is 2.10 bits per heavy atom. The highest BCUT2D eigenvalue weighted by Gasteiger charge is 2.21. The summed E-state index contributed by atoms with van der Waals surface area (Å²) in [7, 11) is 0. The van der Waals surface area contributed by atoms with Gasteiger partial charge in [0.2, 0.25) is 0 Å². The largest absolute Gasteiger partial charge is 0.444 e. The zero-order chi connectivity index (χ0) is 15.3. The molecule has 5 nitrogen and oxygen atoms in total. The minimum Gasteiger partial charge on any atom is -0.444 e. The van der Waals surface area contributed by atoms with Crippen LogP contribution in [0.15, 0.2) is 11.4 Å². The zero-order valence-electron chi connectivity index (χ0n) is 12.3. The molecule has 1 rings (SSSR count). The van der Waals surface area contributed by atoms with Crippen LogP contribution in [-0.4, -0.2) is 34.6 Å². The fourth-order valence-electron chi connectivity index (χ4n) is 1.66. The van der Waals surface area contributed by atoms with Crippen molar-refractivity contribution >= 4 is 17.4 Å². The molecular weight excluding hydrogens is 278 g/mol. The van der Waals surface area contributed by atoms with E-state index in [9.17, 15) is 15.0 Å². The third-order valence-electron chi connectivity index (χ3n) is 2.64. The number of thiophene rings is 1. The minimum atomic E-state index is -0.921. The molecule has 1 aromatic rings. The molecule has 1 heterocycles. The molecule has 0 aliphatic rings. The van der Waals surface area contributed by atoms with Gasteiger partial charge in [-0.2, -0.15) is 0 Å². The molecule has 114 valence electrons. The van der Waals surface area contributed by atoms with Crippen molar-refractivity contribution in [3.05, 3.63) is 21.9 Å². The van der Waals surface area contributed by atoms with Crippen molar-refractivity contribution in [2.45, 2.75) is 51.9 Å². The number of alkyl carbamates (subject to hydrolysis) is 1. The van der Waals surface area contributed by atoms with Crippen molar-refractivity contribution in [2.24, 2.45) is 0 Å². The molecule has 0 fully saturated rings. The molecule has 0 bridgehead atoms. The number of amides is 1. The number of hydrogen-bond acceptors (Lipinski definition) is 5. The summed E-state index contributed by atoms with van der Waals surface area (Å²) in [5, 5.41) is 24.4. The average Bonchev–Trinajstić information content (AvgIpc) is 2.71. The molecule has 1 aromatic heterocycles. The fourth-order valence-corrected chi connectivity index (χ4v) is 2.63. The lowest BCUT2D eigenvalue weighted by atomic mass is 10.1. The van der Waals surface area contributed by atoms with Crippen LogP contribution in [0.4, 0.5) is 4.79 Å². The first-order chi connectivity index (χ1) is 9.20. The molecular formula is C14H23NO4S. The number of nitrogens with one attached hydrogen (secondary N) is 1. The Balaban J connectivity index is 2.35. The van der Waals surface area contributed by atoms with Gasteiger partial charge in [0.05, 0.1) is 6.10 Å². The SMILES string of the molecule is Cc1ccsc1C(O)C(O)CCNC(=O)OC(C)(C)C. The van der Waals surface area contributed by atoms with Crippen molar-refractivity contribution in [2.75, 3.05) is 6.54 Å². The van der Waals surface area contributed by atoms with Gasteiger partial charge in [0.15, 0.2) is 0 Å². The second kappa shape index (κ2) is 7.06. The van der Waals surface area contributed by atoms with Gasteiger partial charge in [0.1, 0.15) is 11.7 Å². The van der Waals surface area contributed by atoms with E-state index in [0.717, 1.165) is 10.4 Å². The van der Waals surface area contributed by atoms with Gasteiger partial charge in [0, 0.05) is 11.4 Å². The molecule has 0 aromatic carbocycles. The molecule has 2 atom stereocenters. The smallest absolute Gasteiger partial charge is 0.407 e. The van der Waals surface area contributed by atoms with Crippen LogP contribution in [0, 0.1) is 6.92 Å². The Hall–Kier alpha value is -1.11. The predicted octanol–water partition coefficient (Wildman–Crippen LogP) is 2.37. The van der Waals surface area contributed by atoms with Gasteiger partial charge in [-0.05, 0) is 51.1 Å². The Kier molecular flexibility index (Phi) is 5.98. The van der Waals surface area contributed by atoms with Crippen LogP contribution in [0.5, 0.6) is 0 Å². The zero-order valence-corrected chi connectivity index (χ0v) is 13.2. The van der Waals surface area contributed by atoms with Gasteiger partial charge >= 0.3 is 6.09 Å². The highest BCUT2D eigenvalue weighted by atomic mass is 32.1. The van der Waals surface area contributed by atoms with E-state index in [1.54, 1.807) is 20.8 Å². The van der Waals surface area contributed by atoms with Crippen LogP contribution in [0.1, 0.15) is 43.7 Å². The van der Waals surface area contributed by atoms with Crippen LogP contribution in [0.2, 0.25) is 0 Å². The van der Waals surface area contributed by atoms with Gasteiger partial charge < -0.3 is 20.3 Å². The first-order valence-corrected chi connectivity index (χ1v) is 7.45. The highest BCUT2D eigenvalue weighted by molar-refractivity contribution is 7.10. The predicted molar refractivity (Wildman–Crippen MR) is 78.9 cm³/mol. The maximum absolute atomic E-state index is 11.4. The van der Waals surface area contributed by atoms with Crippen molar-refractivity contribution in [3.8, 4) is 0 Å². The van der Waals surface area contributed by atoms with E-state index in [2.05, 4.69) is 5.32 Å². The highest BCUT2D eigenvalue weighted by Crippen LogP contribution is 2.27. The topological polar surface area (TPSA) is 78.8 Å². The standard InChI is InChI=1S/C14H23NO4S/c1-9-6-8-20-12(9)11(17)10(16)5-7-15-13(18)19-14(2,3)4/h6,8,10-11,16-17H,5,7H2,1-4H3,(H,15,18). The lowest BCUT2D eigenvalue weighted by Gasteiger charge is -2.21. The molecule has 20 heavy (non-hydrogen) atoms. The maximum Gasteiger partial charge on any atom is 0.407 e. The van der Waals surface area contributed by atoms with E-state index in [0.29, 0.717) is 0 Å². The first-order valence-electron chi connectivity index (χ1n) is 6.57. The molecule has 0 saturated heterocycles. The van der Waals surface area contributed by atoms with E-state index < -0.39 is 23.9 Å². The summed E-state index contributed by atoms with van der Waals surface area (Å²) in [6.07, 6.45) is -2.10. The number of carbonyl (C=O) groups is 1. The lowest BCUT2D eigenvalue weighted by molar-refractivity contribution is 0.0140. The van der Waals surface area contributed by atoms with E-state index in [1.807, 2.05) is 18.4 Å². The van der Waals surface area contributed by atoms with E-state index in [-0.39, 0.29) is 13.0 Å². The molecule has 2 unspecified atom stereocenters. The third-order valence-corrected chi connectivity index (χ3v) is 3.73. The lowest BCUT2D eigenvalue weighted by Crippen LogP contribution is -2.34. The van der Waals surface area contributed by atoms with Crippen LogP contribution in [0.25, 0.3) is 0 Å². The molecule has 0 aliphatic heterocycles. The summed E-state index contributed by atoms with van der Waals surface area (Å²) >= 11 is 1.41. The van der Waals surface area contributed by atoms with E-state index in [4.69, 9.17) is 4.74 Å². The number of hydrogen-bond donors (Lipinski definition) is 3. The van der Waals surface area contributed by atoms with Crippen LogP contribution in [0.3, 0.4) is 0 Å². The number of carbonyl (C=O) groups excluding carboxylic acids is 1. The van der Waals surface area contributed by atoms with Crippen molar-refractivity contribution in [1.29, 1.82) is 0 Å². The second-order valence-electron chi connectivity index (χ2n) is 5.70. The Bertz CT molecular complexity index is 439. The molecule has 0 saturated carbocycles. The van der Waals surface area contributed by atoms with Crippen molar-refractivity contribution in [3.63, 3.8) is 0 Å². The molecule has 1 amide bonds. The number of aryl methyl sites for hydroxylation is 1. The van der Waals surface area contributed by atoms with Crippen LogP contribution >= 0.6 is 11.3 Å². The second-order valence-corrected chi connectivity index (χ2v) is 6.65. The average molecular weight is 301 g/mol. The summed E-state index contributed by atoms with van der Waals surface area (Å²) in [4.78, 5) is 12.2. The van der Waals surface area contributed by atoms with E-state index in [1.165, 1.54) is 11.3 Å². The molecule has 3 N–H and O–H groups in total. The van der Waals surface area contributed by atoms with Crippen molar-refractivity contribution in [1.82, 2.24) is 5.32 Å². The normalized spacial score (nSPS) is 14.7. The van der Waals surface area contributed by atoms with Crippen molar-refractivity contribution < 1.29 is 19.7 Å². The maximum atomic E-state index is 11.4. The number of aliphatic hydroxyl groups is 2. The summed E-state index contributed by atoms with van der Waals surface area (Å²) in [5.74, 6) is 0. The molecule has 0 spiro atoms. The summed E-state index contributed by atoms with van der Waals surface area (Å²) in [6.45, 7) is 7.48. The quantitative estimate of drug-likeness (QED) is 0.780. The molecule has 0 radical (unpaired) electrons. The Morgan fingerprint density at radius 1 is 1.45 bits per heavy atom. The van der Waals surface area contributed by atoms with Gasteiger partial charge in [-0.25, -0.2) is 4.79 Å². The van der Waals surface area contributed by atoms with Gasteiger partial charge in [-0.15, -0.1) is 11.3 Å². The minimum absolute atomic E-state index is 0.248. The number of ether oxygens (including phenoxy) is 1. The Morgan fingerprint density at radius 3 is 2.60 bits per heavy atom. The van der Waals surface area contributed by atoms with E-state index >= 15 is 0 Å². The molecule has 0 aliphatic carbocycles. The van der Waals surface area contributed by atoms with Gasteiger partial charge in [-0.3, -0.25) is 0 Å².